The van der Waals surface area contributed by atoms with Crippen molar-refractivity contribution in [2.45, 2.75) is 0 Å². The number of aldehydes is 1. The van der Waals surface area contributed by atoms with E-state index in [2.05, 4.69) is 0 Å². The summed E-state index contributed by atoms with van der Waals surface area (Å²) in [5, 5.41) is 0. The summed E-state index contributed by atoms with van der Waals surface area (Å²) in [6.07, 6.45) is 1.97. The Bertz CT molecular complexity index is 1090. The third-order valence-electron chi connectivity index (χ3n) is 4.23. The minimum atomic E-state index is -3.45. The fourth-order valence-corrected chi connectivity index (χ4v) is 4.51. The summed E-state index contributed by atoms with van der Waals surface area (Å²) in [7, 11) is -0.337. The lowest BCUT2D eigenvalue weighted by Crippen LogP contribution is -2.24. The van der Waals surface area contributed by atoms with Gasteiger partial charge in [-0.1, -0.05) is 36.4 Å². The van der Waals surface area contributed by atoms with E-state index in [0.29, 0.717) is 17.0 Å². The Labute approximate surface area is 162 Å². The average molecular weight is 402 g/mol. The number of hydrogen-bond donors (Lipinski definition) is 0. The molecule has 0 radical (unpaired) electrons. The molecule has 0 bridgehead atoms. The van der Waals surface area contributed by atoms with E-state index in [4.69, 9.17) is 4.74 Å². The van der Waals surface area contributed by atoms with Gasteiger partial charge in [0.25, 0.3) is 0 Å². The molecule has 2 aromatic carbocycles. The van der Waals surface area contributed by atoms with Crippen molar-refractivity contribution in [1.29, 1.82) is 0 Å². The Kier molecular flexibility index (Phi) is 5.34. The van der Waals surface area contributed by atoms with Crippen LogP contribution in [-0.4, -0.2) is 35.1 Å². The molecular formula is C20H19NO4S2. The fourth-order valence-electron chi connectivity index (χ4n) is 2.72. The minimum Gasteiger partial charge on any atom is -0.497 e. The summed E-state index contributed by atoms with van der Waals surface area (Å²) in [6, 6.07) is 16.5. The molecule has 1 heterocycles. The molecule has 3 aromatic rings. The Morgan fingerprint density at radius 2 is 1.81 bits per heavy atom. The quantitative estimate of drug-likeness (QED) is 0.578. The van der Waals surface area contributed by atoms with Gasteiger partial charge < -0.3 is 4.74 Å². The Morgan fingerprint density at radius 3 is 2.48 bits per heavy atom. The predicted molar refractivity (Wildman–Crippen MR) is 110 cm³/mol. The Hall–Kier alpha value is -2.64. The van der Waals surface area contributed by atoms with Gasteiger partial charge in [0, 0.05) is 23.1 Å². The molecule has 0 saturated carbocycles. The van der Waals surface area contributed by atoms with Crippen molar-refractivity contribution in [2.75, 3.05) is 24.7 Å². The van der Waals surface area contributed by atoms with Crippen molar-refractivity contribution in [3.8, 4) is 26.6 Å². The molecular weight excluding hydrogens is 382 g/mol. The maximum Gasteiger partial charge on any atom is 0.232 e. The first-order chi connectivity index (χ1) is 12.8. The molecule has 0 N–H and O–H groups in total. The molecule has 27 heavy (non-hydrogen) atoms. The van der Waals surface area contributed by atoms with Gasteiger partial charge in [0.1, 0.15) is 5.75 Å². The average Bonchev–Trinajstić information content (AvgIpc) is 3.11. The molecule has 140 valence electrons. The van der Waals surface area contributed by atoms with Crippen LogP contribution < -0.4 is 9.04 Å². The van der Waals surface area contributed by atoms with Crippen LogP contribution in [0.5, 0.6) is 5.75 Å². The Morgan fingerprint density at radius 1 is 1.07 bits per heavy atom. The number of sulfonamides is 1. The number of rotatable bonds is 6. The molecule has 0 atom stereocenters. The van der Waals surface area contributed by atoms with E-state index in [1.807, 2.05) is 42.5 Å². The van der Waals surface area contributed by atoms with Gasteiger partial charge in [-0.15, -0.1) is 11.3 Å². The summed E-state index contributed by atoms with van der Waals surface area (Å²) in [4.78, 5) is 13.0. The lowest BCUT2D eigenvalue weighted by molar-refractivity contribution is 0.112. The Balaban J connectivity index is 2.25. The number of carbonyl (C=O) groups is 1. The van der Waals surface area contributed by atoms with Crippen molar-refractivity contribution >= 4 is 33.3 Å². The number of methoxy groups -OCH3 is 1. The lowest BCUT2D eigenvalue weighted by atomic mass is 10.1. The van der Waals surface area contributed by atoms with E-state index in [1.165, 1.54) is 28.9 Å². The van der Waals surface area contributed by atoms with Gasteiger partial charge >= 0.3 is 0 Å². The van der Waals surface area contributed by atoms with Gasteiger partial charge in [-0.05, 0) is 23.8 Å². The highest BCUT2D eigenvalue weighted by atomic mass is 32.2. The fraction of sp³-hybridized carbons (Fsp3) is 0.150. The summed E-state index contributed by atoms with van der Waals surface area (Å²) < 4.78 is 30.9. The summed E-state index contributed by atoms with van der Waals surface area (Å²) in [5.41, 5.74) is 2.74. The van der Waals surface area contributed by atoms with E-state index in [9.17, 15) is 13.2 Å². The lowest BCUT2D eigenvalue weighted by Gasteiger charge is -2.17. The van der Waals surface area contributed by atoms with Gasteiger partial charge in [0.2, 0.25) is 10.0 Å². The molecule has 5 nitrogen and oxygen atoms in total. The zero-order chi connectivity index (χ0) is 19.6. The summed E-state index contributed by atoms with van der Waals surface area (Å²) in [5.74, 6) is 0.684. The van der Waals surface area contributed by atoms with Crippen LogP contribution in [0.4, 0.5) is 5.69 Å². The second-order valence-electron chi connectivity index (χ2n) is 5.99. The molecule has 0 aliphatic heterocycles. The molecule has 1 aromatic heterocycles. The third kappa shape index (κ3) is 3.89. The number of thiophene rings is 1. The number of carbonyl (C=O) groups excluding carboxylic acids is 1. The van der Waals surface area contributed by atoms with Crippen LogP contribution in [0.3, 0.4) is 0 Å². The van der Waals surface area contributed by atoms with Crippen LogP contribution in [0.15, 0.2) is 54.6 Å². The maximum absolute atomic E-state index is 12.2. The predicted octanol–water partition coefficient (Wildman–Crippen LogP) is 4.30. The largest absolute Gasteiger partial charge is 0.497 e. The van der Waals surface area contributed by atoms with E-state index in [-0.39, 0.29) is 0 Å². The van der Waals surface area contributed by atoms with Crippen LogP contribution in [0.2, 0.25) is 0 Å². The van der Waals surface area contributed by atoms with Crippen molar-refractivity contribution in [2.24, 2.45) is 0 Å². The molecule has 0 saturated heterocycles. The zero-order valence-corrected chi connectivity index (χ0v) is 16.8. The molecule has 0 fully saturated rings. The van der Waals surface area contributed by atoms with Crippen molar-refractivity contribution < 1.29 is 17.9 Å². The first kappa shape index (κ1) is 19.1. The van der Waals surface area contributed by atoms with Crippen LogP contribution in [0.25, 0.3) is 20.9 Å². The van der Waals surface area contributed by atoms with Gasteiger partial charge in [-0.3, -0.25) is 9.10 Å². The second kappa shape index (κ2) is 7.54. The molecule has 0 aliphatic rings. The monoisotopic (exact) mass is 401 g/mol. The van der Waals surface area contributed by atoms with Crippen LogP contribution in [0.1, 0.15) is 10.4 Å². The normalized spacial score (nSPS) is 11.2. The summed E-state index contributed by atoms with van der Waals surface area (Å²) >= 11 is 1.44. The number of nitrogens with zero attached hydrogens (tertiary/aromatic N) is 1. The number of ether oxygens (including phenoxy) is 1. The summed E-state index contributed by atoms with van der Waals surface area (Å²) in [6.45, 7) is 0. The topological polar surface area (TPSA) is 63.7 Å². The number of benzene rings is 2. The molecule has 0 unspecified atom stereocenters. The molecule has 3 rings (SSSR count). The molecule has 0 amide bonds. The van der Waals surface area contributed by atoms with E-state index in [1.54, 1.807) is 19.2 Å². The van der Waals surface area contributed by atoms with Crippen molar-refractivity contribution in [3.05, 3.63) is 60.2 Å². The van der Waals surface area contributed by atoms with Gasteiger partial charge in [0.15, 0.2) is 6.29 Å². The van der Waals surface area contributed by atoms with Gasteiger partial charge in [-0.2, -0.15) is 0 Å². The first-order valence-corrected chi connectivity index (χ1v) is 10.8. The van der Waals surface area contributed by atoms with Crippen LogP contribution in [-0.2, 0) is 10.0 Å². The maximum atomic E-state index is 12.2. The standard InChI is InChI=1S/C20H19NO4S2/c1-21(27(3,23)24)18-12-19(17-10-5-4-7-15(17)13-22)26-20(18)14-8-6-9-16(11-14)25-2/h4-13H,1-3H3. The second-order valence-corrected chi connectivity index (χ2v) is 9.06. The first-order valence-electron chi connectivity index (χ1n) is 8.12. The van der Waals surface area contributed by atoms with Gasteiger partial charge in [-0.25, -0.2) is 8.42 Å². The highest BCUT2D eigenvalue weighted by Gasteiger charge is 2.22. The van der Waals surface area contributed by atoms with Crippen molar-refractivity contribution in [3.63, 3.8) is 0 Å². The zero-order valence-electron chi connectivity index (χ0n) is 15.2. The number of hydrogen-bond acceptors (Lipinski definition) is 5. The molecule has 0 spiro atoms. The van der Waals surface area contributed by atoms with Crippen molar-refractivity contribution in [1.82, 2.24) is 0 Å². The van der Waals surface area contributed by atoms with E-state index >= 15 is 0 Å². The highest BCUT2D eigenvalue weighted by Crippen LogP contribution is 2.44. The van der Waals surface area contributed by atoms with Crippen LogP contribution >= 0.6 is 11.3 Å². The smallest absolute Gasteiger partial charge is 0.232 e. The highest BCUT2D eigenvalue weighted by molar-refractivity contribution is 7.92. The molecule has 7 heteroatoms. The van der Waals surface area contributed by atoms with Gasteiger partial charge in [0.05, 0.1) is 23.9 Å². The van der Waals surface area contributed by atoms with E-state index in [0.717, 1.165) is 27.2 Å². The SMILES string of the molecule is COc1cccc(-c2sc(-c3ccccc3C=O)cc2N(C)S(C)(=O)=O)c1. The number of anilines is 1. The van der Waals surface area contributed by atoms with E-state index < -0.39 is 10.0 Å². The minimum absolute atomic E-state index is 0.560. The molecule has 0 aliphatic carbocycles. The third-order valence-corrected chi connectivity index (χ3v) is 6.63. The van der Waals surface area contributed by atoms with Crippen LogP contribution in [0, 0.1) is 0 Å².